The summed E-state index contributed by atoms with van der Waals surface area (Å²) in [4.78, 5) is 10.8. The molecule has 0 amide bonds. The van der Waals surface area contributed by atoms with Crippen molar-refractivity contribution in [2.24, 2.45) is 16.6 Å². The Kier molecular flexibility index (Phi) is 3.17. The van der Waals surface area contributed by atoms with Crippen molar-refractivity contribution in [3.8, 4) is 0 Å². The summed E-state index contributed by atoms with van der Waals surface area (Å²) in [6.45, 7) is 5.69. The van der Waals surface area contributed by atoms with E-state index in [0.29, 0.717) is 19.8 Å². The maximum Gasteiger partial charge on any atom is 0.303 e. The Morgan fingerprint density at radius 1 is 1.57 bits per heavy atom. The predicted octanol–water partition coefficient (Wildman–Crippen LogP) is 0.853. The van der Waals surface area contributed by atoms with Crippen LogP contribution in [0.15, 0.2) is 0 Å². The van der Waals surface area contributed by atoms with Gasteiger partial charge in [-0.3, -0.25) is 4.79 Å². The van der Waals surface area contributed by atoms with E-state index in [1.54, 1.807) is 0 Å². The molecule has 1 aliphatic rings. The molecule has 0 bridgehead atoms. The number of carboxylic acid groups (broad SMARTS) is 1. The number of carbonyl (C=O) groups is 1. The second kappa shape index (κ2) is 3.87. The Bertz CT molecular complexity index is 227. The fourth-order valence-electron chi connectivity index (χ4n) is 2.15. The van der Waals surface area contributed by atoms with E-state index >= 15 is 0 Å². The molecule has 0 aliphatic carbocycles. The first-order valence-corrected chi connectivity index (χ1v) is 4.93. The van der Waals surface area contributed by atoms with Gasteiger partial charge in [-0.05, 0) is 18.4 Å². The maximum absolute atomic E-state index is 10.8. The Morgan fingerprint density at radius 2 is 2.21 bits per heavy atom. The number of aliphatic carboxylic acids is 1. The Hall–Kier alpha value is -0.610. The minimum Gasteiger partial charge on any atom is -0.481 e. The third kappa shape index (κ3) is 1.91. The van der Waals surface area contributed by atoms with E-state index in [4.69, 9.17) is 15.6 Å². The summed E-state index contributed by atoms with van der Waals surface area (Å²) in [6.07, 6.45) is 0.878. The molecule has 1 atom stereocenters. The molecular formula is C10H19NO3. The van der Waals surface area contributed by atoms with E-state index in [9.17, 15) is 4.79 Å². The van der Waals surface area contributed by atoms with Crippen LogP contribution in [-0.2, 0) is 9.53 Å². The first kappa shape index (κ1) is 11.5. The maximum atomic E-state index is 10.8. The zero-order chi connectivity index (χ0) is 10.8. The molecule has 0 radical (unpaired) electrons. The second-order valence-corrected chi connectivity index (χ2v) is 4.74. The lowest BCUT2D eigenvalue weighted by atomic mass is 9.61. The second-order valence-electron chi connectivity index (χ2n) is 4.74. The van der Waals surface area contributed by atoms with E-state index in [-0.39, 0.29) is 17.3 Å². The van der Waals surface area contributed by atoms with Gasteiger partial charge in [0.2, 0.25) is 0 Å². The lowest BCUT2D eigenvalue weighted by molar-refractivity contribution is -0.149. The predicted molar refractivity (Wildman–Crippen MR) is 53.0 cm³/mol. The molecule has 1 saturated heterocycles. The van der Waals surface area contributed by atoms with Crippen molar-refractivity contribution >= 4 is 5.97 Å². The lowest BCUT2D eigenvalue weighted by Crippen LogP contribution is -2.51. The molecule has 1 rings (SSSR count). The first-order valence-electron chi connectivity index (χ1n) is 4.93. The van der Waals surface area contributed by atoms with Crippen LogP contribution in [0.3, 0.4) is 0 Å². The minimum atomic E-state index is -0.773. The Labute approximate surface area is 84.4 Å². The van der Waals surface area contributed by atoms with Crippen molar-refractivity contribution < 1.29 is 14.6 Å². The largest absolute Gasteiger partial charge is 0.481 e. The fourth-order valence-corrected chi connectivity index (χ4v) is 2.15. The van der Waals surface area contributed by atoms with Gasteiger partial charge in [-0.25, -0.2) is 0 Å². The molecule has 14 heavy (non-hydrogen) atoms. The van der Waals surface area contributed by atoms with E-state index in [1.807, 2.05) is 13.8 Å². The molecule has 1 aliphatic heterocycles. The summed E-state index contributed by atoms with van der Waals surface area (Å²) in [5, 5.41) is 8.90. The van der Waals surface area contributed by atoms with Gasteiger partial charge in [0.15, 0.2) is 0 Å². The normalized spacial score (nSPS) is 31.4. The molecule has 0 saturated carbocycles. The molecule has 0 aromatic rings. The van der Waals surface area contributed by atoms with Gasteiger partial charge in [0, 0.05) is 12.0 Å². The minimum absolute atomic E-state index is 0.139. The highest BCUT2D eigenvalue weighted by Crippen LogP contribution is 2.46. The van der Waals surface area contributed by atoms with Gasteiger partial charge < -0.3 is 15.6 Å². The number of hydrogen-bond acceptors (Lipinski definition) is 3. The zero-order valence-electron chi connectivity index (χ0n) is 8.88. The molecule has 0 spiro atoms. The van der Waals surface area contributed by atoms with Gasteiger partial charge in [-0.1, -0.05) is 13.8 Å². The van der Waals surface area contributed by atoms with E-state index in [0.717, 1.165) is 6.42 Å². The number of ether oxygens (including phenoxy) is 1. The van der Waals surface area contributed by atoms with Gasteiger partial charge >= 0.3 is 5.97 Å². The van der Waals surface area contributed by atoms with Crippen LogP contribution in [-0.4, -0.2) is 30.8 Å². The molecule has 0 aromatic heterocycles. The van der Waals surface area contributed by atoms with Crippen LogP contribution >= 0.6 is 0 Å². The first-order chi connectivity index (χ1) is 6.43. The van der Waals surface area contributed by atoms with Gasteiger partial charge in [0.25, 0.3) is 0 Å². The Morgan fingerprint density at radius 3 is 2.64 bits per heavy atom. The van der Waals surface area contributed by atoms with Crippen molar-refractivity contribution in [2.45, 2.75) is 26.7 Å². The number of nitrogens with two attached hydrogens (primary N) is 1. The van der Waals surface area contributed by atoms with Crippen molar-refractivity contribution in [3.05, 3.63) is 0 Å². The molecule has 82 valence electrons. The zero-order valence-corrected chi connectivity index (χ0v) is 8.88. The van der Waals surface area contributed by atoms with Crippen molar-refractivity contribution in [2.75, 3.05) is 19.8 Å². The van der Waals surface area contributed by atoms with Crippen LogP contribution in [0.5, 0.6) is 0 Å². The highest BCUT2D eigenvalue weighted by Gasteiger charge is 2.47. The van der Waals surface area contributed by atoms with Gasteiger partial charge in [0.05, 0.1) is 13.0 Å². The van der Waals surface area contributed by atoms with Crippen molar-refractivity contribution in [1.82, 2.24) is 0 Å². The van der Waals surface area contributed by atoms with E-state index in [2.05, 4.69) is 0 Å². The standard InChI is InChI=1S/C10H19NO3/c1-9(2)7-14-4-3-10(9,6-11)5-8(12)13/h3-7,11H2,1-2H3,(H,12,13). The monoisotopic (exact) mass is 201 g/mol. The highest BCUT2D eigenvalue weighted by molar-refractivity contribution is 5.68. The van der Waals surface area contributed by atoms with Crippen LogP contribution in [0, 0.1) is 10.8 Å². The quantitative estimate of drug-likeness (QED) is 0.710. The molecule has 1 heterocycles. The average Bonchev–Trinajstić information content (AvgIpc) is 2.08. The third-order valence-electron chi connectivity index (χ3n) is 3.50. The molecule has 4 heteroatoms. The molecule has 1 unspecified atom stereocenters. The van der Waals surface area contributed by atoms with Crippen LogP contribution in [0.1, 0.15) is 26.7 Å². The van der Waals surface area contributed by atoms with Crippen LogP contribution in [0.2, 0.25) is 0 Å². The van der Waals surface area contributed by atoms with Crippen molar-refractivity contribution in [3.63, 3.8) is 0 Å². The summed E-state index contributed by atoms with van der Waals surface area (Å²) in [7, 11) is 0. The van der Waals surface area contributed by atoms with Crippen molar-refractivity contribution in [1.29, 1.82) is 0 Å². The lowest BCUT2D eigenvalue weighted by Gasteiger charge is -2.48. The van der Waals surface area contributed by atoms with Crippen LogP contribution in [0.4, 0.5) is 0 Å². The number of hydrogen-bond donors (Lipinski definition) is 2. The summed E-state index contributed by atoms with van der Waals surface area (Å²) in [5.41, 5.74) is 5.28. The van der Waals surface area contributed by atoms with Gasteiger partial charge in [-0.15, -0.1) is 0 Å². The number of carboxylic acids is 1. The smallest absolute Gasteiger partial charge is 0.303 e. The Balaban J connectivity index is 2.88. The van der Waals surface area contributed by atoms with Crippen LogP contribution < -0.4 is 5.73 Å². The van der Waals surface area contributed by atoms with Gasteiger partial charge in [-0.2, -0.15) is 0 Å². The fraction of sp³-hybridized carbons (Fsp3) is 0.900. The third-order valence-corrected chi connectivity index (χ3v) is 3.50. The molecule has 3 N–H and O–H groups in total. The molecular weight excluding hydrogens is 182 g/mol. The summed E-state index contributed by atoms with van der Waals surface area (Å²) in [5.74, 6) is -0.773. The van der Waals surface area contributed by atoms with Gasteiger partial charge in [0.1, 0.15) is 0 Å². The summed E-state index contributed by atoms with van der Waals surface area (Å²) in [6, 6.07) is 0. The number of rotatable bonds is 3. The summed E-state index contributed by atoms with van der Waals surface area (Å²) < 4.78 is 5.37. The van der Waals surface area contributed by atoms with Crippen LogP contribution in [0.25, 0.3) is 0 Å². The summed E-state index contributed by atoms with van der Waals surface area (Å²) >= 11 is 0. The van der Waals surface area contributed by atoms with E-state index in [1.165, 1.54) is 0 Å². The molecule has 0 aromatic carbocycles. The topological polar surface area (TPSA) is 72.5 Å². The van der Waals surface area contributed by atoms with E-state index < -0.39 is 5.97 Å². The molecule has 4 nitrogen and oxygen atoms in total. The molecule has 1 fully saturated rings. The highest BCUT2D eigenvalue weighted by atomic mass is 16.5. The average molecular weight is 201 g/mol. The SMILES string of the molecule is CC1(C)COCCC1(CN)CC(=O)O.